The first-order valence-corrected chi connectivity index (χ1v) is 7.22. The molecule has 0 radical (unpaired) electrons. The third kappa shape index (κ3) is 5.63. The lowest BCUT2D eigenvalue weighted by atomic mass is 10.1. The van der Waals surface area contributed by atoms with E-state index in [0.717, 1.165) is 17.1 Å². The SMILES string of the molecule is COc1ccc(C(C)NCCC(=O)NC(C)C)c(OC)c1. The summed E-state index contributed by atoms with van der Waals surface area (Å²) in [4.78, 5) is 11.6. The summed E-state index contributed by atoms with van der Waals surface area (Å²) < 4.78 is 10.6. The standard InChI is InChI=1S/C16H26N2O3/c1-11(2)18-16(19)8-9-17-12(3)14-7-6-13(20-4)10-15(14)21-5/h6-7,10-12,17H,8-9H2,1-5H3,(H,18,19). The number of ether oxygens (including phenoxy) is 2. The van der Waals surface area contributed by atoms with Gasteiger partial charge in [0, 0.05) is 36.7 Å². The number of hydrogen-bond acceptors (Lipinski definition) is 4. The molecule has 21 heavy (non-hydrogen) atoms. The van der Waals surface area contributed by atoms with E-state index < -0.39 is 0 Å². The Kier molecular flexibility index (Phi) is 7.02. The van der Waals surface area contributed by atoms with Crippen LogP contribution in [0.4, 0.5) is 0 Å². The predicted molar refractivity (Wildman–Crippen MR) is 83.9 cm³/mol. The van der Waals surface area contributed by atoms with Gasteiger partial charge in [0.05, 0.1) is 14.2 Å². The first kappa shape index (κ1) is 17.3. The normalized spacial score (nSPS) is 12.1. The van der Waals surface area contributed by atoms with Crippen molar-refractivity contribution in [2.24, 2.45) is 0 Å². The van der Waals surface area contributed by atoms with E-state index in [4.69, 9.17) is 9.47 Å². The van der Waals surface area contributed by atoms with Crippen molar-refractivity contribution < 1.29 is 14.3 Å². The third-order valence-corrected chi connectivity index (χ3v) is 3.16. The van der Waals surface area contributed by atoms with Crippen molar-refractivity contribution in [3.8, 4) is 11.5 Å². The molecule has 0 saturated carbocycles. The highest BCUT2D eigenvalue weighted by Gasteiger charge is 2.12. The van der Waals surface area contributed by atoms with Crippen molar-refractivity contribution in [1.82, 2.24) is 10.6 Å². The van der Waals surface area contributed by atoms with Gasteiger partial charge in [0.2, 0.25) is 5.91 Å². The Morgan fingerprint density at radius 3 is 2.48 bits per heavy atom. The van der Waals surface area contributed by atoms with E-state index in [1.807, 2.05) is 39.0 Å². The monoisotopic (exact) mass is 294 g/mol. The molecule has 5 nitrogen and oxygen atoms in total. The van der Waals surface area contributed by atoms with Crippen LogP contribution in [0.1, 0.15) is 38.8 Å². The van der Waals surface area contributed by atoms with Gasteiger partial charge >= 0.3 is 0 Å². The summed E-state index contributed by atoms with van der Waals surface area (Å²) in [6.07, 6.45) is 0.459. The second-order valence-corrected chi connectivity index (χ2v) is 5.26. The van der Waals surface area contributed by atoms with Crippen molar-refractivity contribution in [1.29, 1.82) is 0 Å². The lowest BCUT2D eigenvalue weighted by molar-refractivity contribution is -0.121. The van der Waals surface area contributed by atoms with Gasteiger partial charge in [0.15, 0.2) is 0 Å². The summed E-state index contributed by atoms with van der Waals surface area (Å²) in [5, 5.41) is 6.21. The fourth-order valence-corrected chi connectivity index (χ4v) is 2.08. The number of rotatable bonds is 8. The van der Waals surface area contributed by atoms with Crippen LogP contribution >= 0.6 is 0 Å². The Hall–Kier alpha value is -1.75. The Morgan fingerprint density at radius 1 is 1.19 bits per heavy atom. The summed E-state index contributed by atoms with van der Waals surface area (Å²) in [6, 6.07) is 6.01. The van der Waals surface area contributed by atoms with Gasteiger partial charge in [-0.3, -0.25) is 4.79 Å². The zero-order valence-corrected chi connectivity index (χ0v) is 13.5. The zero-order chi connectivity index (χ0) is 15.8. The maximum atomic E-state index is 11.6. The van der Waals surface area contributed by atoms with Gasteiger partial charge < -0.3 is 20.1 Å². The van der Waals surface area contributed by atoms with Crippen LogP contribution in [0, 0.1) is 0 Å². The number of methoxy groups -OCH3 is 2. The number of nitrogens with one attached hydrogen (secondary N) is 2. The van der Waals surface area contributed by atoms with E-state index in [-0.39, 0.29) is 18.0 Å². The van der Waals surface area contributed by atoms with Crippen molar-refractivity contribution in [2.75, 3.05) is 20.8 Å². The first-order chi connectivity index (χ1) is 9.97. The largest absolute Gasteiger partial charge is 0.497 e. The van der Waals surface area contributed by atoms with Crippen molar-refractivity contribution in [2.45, 2.75) is 39.3 Å². The molecular formula is C16H26N2O3. The highest BCUT2D eigenvalue weighted by atomic mass is 16.5. The molecule has 1 aromatic carbocycles. The molecule has 0 saturated heterocycles. The van der Waals surface area contributed by atoms with Gasteiger partial charge in [-0.2, -0.15) is 0 Å². The highest BCUT2D eigenvalue weighted by molar-refractivity contribution is 5.76. The first-order valence-electron chi connectivity index (χ1n) is 7.22. The quantitative estimate of drug-likeness (QED) is 0.772. The summed E-state index contributed by atoms with van der Waals surface area (Å²) in [5.41, 5.74) is 1.04. The molecular weight excluding hydrogens is 268 g/mol. The highest BCUT2D eigenvalue weighted by Crippen LogP contribution is 2.29. The molecule has 0 bridgehead atoms. The minimum atomic E-state index is 0.0615. The number of benzene rings is 1. The molecule has 2 N–H and O–H groups in total. The molecule has 0 heterocycles. The number of hydrogen-bond donors (Lipinski definition) is 2. The number of carbonyl (C=O) groups excluding carboxylic acids is 1. The Balaban J connectivity index is 2.55. The van der Waals surface area contributed by atoms with E-state index in [9.17, 15) is 4.79 Å². The molecule has 1 amide bonds. The number of amides is 1. The van der Waals surface area contributed by atoms with Crippen LogP contribution < -0.4 is 20.1 Å². The van der Waals surface area contributed by atoms with E-state index in [2.05, 4.69) is 10.6 Å². The summed E-state index contributed by atoms with van der Waals surface area (Å²) in [5.74, 6) is 1.60. The van der Waals surface area contributed by atoms with Crippen molar-refractivity contribution >= 4 is 5.91 Å². The Labute approximate surface area is 127 Å². The van der Waals surface area contributed by atoms with Gasteiger partial charge in [-0.25, -0.2) is 0 Å². The molecule has 1 aromatic rings. The molecule has 0 aliphatic rings. The van der Waals surface area contributed by atoms with E-state index in [0.29, 0.717) is 13.0 Å². The van der Waals surface area contributed by atoms with Gasteiger partial charge in [-0.1, -0.05) is 6.07 Å². The van der Waals surface area contributed by atoms with Gasteiger partial charge in [-0.05, 0) is 26.8 Å². The molecule has 1 atom stereocenters. The second-order valence-electron chi connectivity index (χ2n) is 5.26. The van der Waals surface area contributed by atoms with Gasteiger partial charge in [-0.15, -0.1) is 0 Å². The fourth-order valence-electron chi connectivity index (χ4n) is 2.08. The average molecular weight is 294 g/mol. The third-order valence-electron chi connectivity index (χ3n) is 3.16. The minimum Gasteiger partial charge on any atom is -0.497 e. The lowest BCUT2D eigenvalue weighted by Gasteiger charge is -2.18. The lowest BCUT2D eigenvalue weighted by Crippen LogP contribution is -2.33. The van der Waals surface area contributed by atoms with Crippen LogP contribution in [0.15, 0.2) is 18.2 Å². The predicted octanol–water partition coefficient (Wildman–Crippen LogP) is 2.27. The summed E-state index contributed by atoms with van der Waals surface area (Å²) >= 11 is 0. The maximum Gasteiger partial charge on any atom is 0.221 e. The molecule has 0 aliphatic carbocycles. The van der Waals surface area contributed by atoms with Crippen LogP contribution in [0.3, 0.4) is 0 Å². The van der Waals surface area contributed by atoms with Crippen molar-refractivity contribution in [3.63, 3.8) is 0 Å². The van der Waals surface area contributed by atoms with E-state index in [1.165, 1.54) is 0 Å². The fraction of sp³-hybridized carbons (Fsp3) is 0.562. The summed E-state index contributed by atoms with van der Waals surface area (Å²) in [7, 11) is 3.27. The van der Waals surface area contributed by atoms with Gasteiger partial charge in [0.25, 0.3) is 0 Å². The van der Waals surface area contributed by atoms with Crippen LogP contribution in [0.2, 0.25) is 0 Å². The summed E-state index contributed by atoms with van der Waals surface area (Å²) in [6.45, 7) is 6.58. The van der Waals surface area contributed by atoms with Crippen molar-refractivity contribution in [3.05, 3.63) is 23.8 Å². The molecule has 0 aromatic heterocycles. The molecule has 118 valence electrons. The zero-order valence-electron chi connectivity index (χ0n) is 13.5. The van der Waals surface area contributed by atoms with E-state index >= 15 is 0 Å². The smallest absolute Gasteiger partial charge is 0.221 e. The number of carbonyl (C=O) groups is 1. The second kappa shape index (κ2) is 8.52. The Morgan fingerprint density at radius 2 is 1.90 bits per heavy atom. The molecule has 1 unspecified atom stereocenters. The van der Waals surface area contributed by atoms with E-state index in [1.54, 1.807) is 14.2 Å². The molecule has 0 aliphatic heterocycles. The molecule has 1 rings (SSSR count). The molecule has 5 heteroatoms. The van der Waals surface area contributed by atoms with Crippen LogP contribution in [0.25, 0.3) is 0 Å². The molecule has 0 fully saturated rings. The average Bonchev–Trinajstić information content (AvgIpc) is 2.45. The molecule has 0 spiro atoms. The minimum absolute atomic E-state index is 0.0615. The Bertz CT molecular complexity index is 461. The maximum absolute atomic E-state index is 11.6. The van der Waals surface area contributed by atoms with Crippen LogP contribution in [-0.4, -0.2) is 32.7 Å². The topological polar surface area (TPSA) is 59.6 Å². The van der Waals surface area contributed by atoms with Gasteiger partial charge in [0.1, 0.15) is 11.5 Å². The van der Waals surface area contributed by atoms with Crippen LogP contribution in [0.5, 0.6) is 11.5 Å². The van der Waals surface area contributed by atoms with Crippen LogP contribution in [-0.2, 0) is 4.79 Å².